The monoisotopic (exact) mass is 394 g/mol. The topological polar surface area (TPSA) is 69.3 Å². The van der Waals surface area contributed by atoms with Gasteiger partial charge in [-0.15, -0.1) is 0 Å². The Morgan fingerprint density at radius 3 is 2.11 bits per heavy atom. The van der Waals surface area contributed by atoms with Crippen molar-refractivity contribution < 1.29 is 9.59 Å². The van der Waals surface area contributed by atoms with Crippen LogP contribution in [0.4, 0.5) is 0 Å². The van der Waals surface area contributed by atoms with E-state index in [2.05, 4.69) is 10.2 Å². The number of nitrogens with zero attached hydrogens (tertiary/aromatic N) is 3. The van der Waals surface area contributed by atoms with Gasteiger partial charge in [-0.3, -0.25) is 14.7 Å². The second kappa shape index (κ2) is 7.86. The summed E-state index contributed by atoms with van der Waals surface area (Å²) in [4.78, 5) is 28.8. The van der Waals surface area contributed by atoms with Crippen molar-refractivity contribution in [1.82, 2.24) is 20.0 Å². The van der Waals surface area contributed by atoms with Crippen molar-refractivity contribution in [2.45, 2.75) is 0 Å². The van der Waals surface area contributed by atoms with Crippen LogP contribution >= 0.6 is 11.6 Å². The van der Waals surface area contributed by atoms with Crippen molar-refractivity contribution in [3.63, 3.8) is 0 Å². The number of piperazine rings is 1. The number of hydrogen-bond donors (Lipinski definition) is 1. The minimum Gasteiger partial charge on any atom is -0.335 e. The molecule has 6 nitrogen and oxygen atoms in total. The minimum atomic E-state index is -0.112. The highest BCUT2D eigenvalue weighted by Gasteiger charge is 2.26. The van der Waals surface area contributed by atoms with Crippen LogP contribution in [0.15, 0.2) is 60.7 Å². The number of hydrogen-bond acceptors (Lipinski definition) is 3. The molecule has 142 valence electrons. The van der Waals surface area contributed by atoms with Crippen LogP contribution in [0.25, 0.3) is 11.3 Å². The Morgan fingerprint density at radius 2 is 1.46 bits per heavy atom. The van der Waals surface area contributed by atoms with Gasteiger partial charge in [0.25, 0.3) is 11.8 Å². The predicted molar refractivity (Wildman–Crippen MR) is 107 cm³/mol. The van der Waals surface area contributed by atoms with Crippen LogP contribution in [0.1, 0.15) is 20.8 Å². The average molecular weight is 395 g/mol. The first kappa shape index (κ1) is 18.3. The molecular formula is C21H19ClN4O2. The summed E-state index contributed by atoms with van der Waals surface area (Å²) in [7, 11) is 0. The molecular weight excluding hydrogens is 376 g/mol. The summed E-state index contributed by atoms with van der Waals surface area (Å²) >= 11 is 5.91. The van der Waals surface area contributed by atoms with Gasteiger partial charge in [0.2, 0.25) is 0 Å². The van der Waals surface area contributed by atoms with E-state index in [1.54, 1.807) is 28.0 Å². The lowest BCUT2D eigenvalue weighted by Crippen LogP contribution is -2.50. The molecule has 0 unspecified atom stereocenters. The standard InChI is InChI=1S/C21H19ClN4O2/c22-17-8-6-15(7-9-17)18-14-19(24-23-18)21(28)26-12-10-25(11-13-26)20(27)16-4-2-1-3-5-16/h1-9,14H,10-13H2,(H,23,24). The Balaban J connectivity index is 1.39. The lowest BCUT2D eigenvalue weighted by atomic mass is 10.1. The Kier molecular flexibility index (Phi) is 5.12. The van der Waals surface area contributed by atoms with Gasteiger partial charge in [0.15, 0.2) is 0 Å². The highest BCUT2D eigenvalue weighted by atomic mass is 35.5. The fraction of sp³-hybridized carbons (Fsp3) is 0.190. The first-order valence-electron chi connectivity index (χ1n) is 9.07. The van der Waals surface area contributed by atoms with Crippen molar-refractivity contribution >= 4 is 23.4 Å². The van der Waals surface area contributed by atoms with E-state index in [-0.39, 0.29) is 11.8 Å². The van der Waals surface area contributed by atoms with Crippen molar-refractivity contribution in [3.05, 3.63) is 76.9 Å². The number of H-pyrrole nitrogens is 1. The molecule has 0 spiro atoms. The van der Waals surface area contributed by atoms with Crippen LogP contribution in [0, 0.1) is 0 Å². The molecule has 0 aliphatic carbocycles. The molecule has 4 rings (SSSR count). The van der Waals surface area contributed by atoms with Crippen LogP contribution in [0.5, 0.6) is 0 Å². The molecule has 1 aliphatic rings. The van der Waals surface area contributed by atoms with Gasteiger partial charge in [-0.25, -0.2) is 0 Å². The molecule has 2 heterocycles. The number of aromatic nitrogens is 2. The Hall–Kier alpha value is -3.12. The molecule has 0 atom stereocenters. The number of halogens is 1. The molecule has 0 bridgehead atoms. The number of carbonyl (C=O) groups excluding carboxylic acids is 2. The molecule has 3 aromatic rings. The fourth-order valence-corrected chi connectivity index (χ4v) is 3.37. The Bertz CT molecular complexity index is 977. The SMILES string of the molecule is O=C(c1ccccc1)N1CCN(C(=O)c2cc(-c3ccc(Cl)cc3)n[nH]2)CC1. The van der Waals surface area contributed by atoms with Crippen LogP contribution in [0.3, 0.4) is 0 Å². The highest BCUT2D eigenvalue weighted by Crippen LogP contribution is 2.21. The summed E-state index contributed by atoms with van der Waals surface area (Å²) in [6.07, 6.45) is 0. The van der Waals surface area contributed by atoms with E-state index in [0.717, 1.165) is 5.56 Å². The average Bonchev–Trinajstić information content (AvgIpc) is 3.24. The fourth-order valence-electron chi connectivity index (χ4n) is 3.25. The van der Waals surface area contributed by atoms with Crippen LogP contribution in [0.2, 0.25) is 5.02 Å². The van der Waals surface area contributed by atoms with E-state index in [9.17, 15) is 9.59 Å². The maximum atomic E-state index is 12.8. The molecule has 0 saturated carbocycles. The number of benzene rings is 2. The van der Waals surface area contributed by atoms with E-state index in [1.165, 1.54) is 0 Å². The van der Waals surface area contributed by atoms with Gasteiger partial charge in [-0.05, 0) is 30.3 Å². The third-order valence-electron chi connectivity index (χ3n) is 4.82. The summed E-state index contributed by atoms with van der Waals surface area (Å²) < 4.78 is 0. The van der Waals surface area contributed by atoms with Crippen LogP contribution in [-0.4, -0.2) is 58.0 Å². The van der Waals surface area contributed by atoms with Gasteiger partial charge in [-0.1, -0.05) is 41.9 Å². The lowest BCUT2D eigenvalue weighted by molar-refractivity contribution is 0.0532. The van der Waals surface area contributed by atoms with E-state index in [1.807, 2.05) is 42.5 Å². The summed E-state index contributed by atoms with van der Waals surface area (Å²) in [6, 6.07) is 18.2. The lowest BCUT2D eigenvalue weighted by Gasteiger charge is -2.34. The quantitative estimate of drug-likeness (QED) is 0.740. The van der Waals surface area contributed by atoms with Gasteiger partial charge in [-0.2, -0.15) is 5.10 Å². The van der Waals surface area contributed by atoms with E-state index in [4.69, 9.17) is 11.6 Å². The van der Waals surface area contributed by atoms with Gasteiger partial charge in [0.1, 0.15) is 5.69 Å². The zero-order valence-electron chi connectivity index (χ0n) is 15.1. The van der Waals surface area contributed by atoms with E-state index < -0.39 is 0 Å². The number of amides is 2. The zero-order chi connectivity index (χ0) is 19.5. The van der Waals surface area contributed by atoms with E-state index >= 15 is 0 Å². The number of aromatic amines is 1. The van der Waals surface area contributed by atoms with Gasteiger partial charge < -0.3 is 9.80 Å². The smallest absolute Gasteiger partial charge is 0.272 e. The molecule has 1 fully saturated rings. The first-order valence-corrected chi connectivity index (χ1v) is 9.44. The third-order valence-corrected chi connectivity index (χ3v) is 5.08. The van der Waals surface area contributed by atoms with E-state index in [0.29, 0.717) is 48.2 Å². The number of carbonyl (C=O) groups is 2. The molecule has 1 aromatic heterocycles. The van der Waals surface area contributed by atoms with Gasteiger partial charge in [0, 0.05) is 42.3 Å². The van der Waals surface area contributed by atoms with Crippen molar-refractivity contribution in [2.75, 3.05) is 26.2 Å². The van der Waals surface area contributed by atoms with Crippen LogP contribution in [-0.2, 0) is 0 Å². The van der Waals surface area contributed by atoms with Crippen molar-refractivity contribution in [1.29, 1.82) is 0 Å². The molecule has 1 saturated heterocycles. The molecule has 7 heteroatoms. The normalized spacial score (nSPS) is 14.2. The summed E-state index contributed by atoms with van der Waals surface area (Å²) in [5.74, 6) is -0.112. The first-order chi connectivity index (χ1) is 13.6. The molecule has 2 amide bonds. The number of nitrogens with one attached hydrogen (secondary N) is 1. The zero-order valence-corrected chi connectivity index (χ0v) is 15.9. The van der Waals surface area contributed by atoms with Crippen LogP contribution < -0.4 is 0 Å². The molecule has 2 aromatic carbocycles. The van der Waals surface area contributed by atoms with Gasteiger partial charge >= 0.3 is 0 Å². The summed E-state index contributed by atoms with van der Waals surface area (Å²) in [5.41, 5.74) is 2.69. The second-order valence-corrected chi connectivity index (χ2v) is 7.06. The summed E-state index contributed by atoms with van der Waals surface area (Å²) in [6.45, 7) is 2.01. The maximum Gasteiger partial charge on any atom is 0.272 e. The largest absolute Gasteiger partial charge is 0.335 e. The summed E-state index contributed by atoms with van der Waals surface area (Å²) in [5, 5.41) is 7.71. The van der Waals surface area contributed by atoms with Crippen molar-refractivity contribution in [3.8, 4) is 11.3 Å². The molecule has 1 N–H and O–H groups in total. The molecule has 0 radical (unpaired) electrons. The highest BCUT2D eigenvalue weighted by molar-refractivity contribution is 6.30. The Morgan fingerprint density at radius 1 is 0.857 bits per heavy atom. The third kappa shape index (κ3) is 3.77. The van der Waals surface area contributed by atoms with Crippen molar-refractivity contribution in [2.24, 2.45) is 0 Å². The maximum absolute atomic E-state index is 12.8. The molecule has 1 aliphatic heterocycles. The Labute approximate surface area is 167 Å². The van der Waals surface area contributed by atoms with Gasteiger partial charge in [0.05, 0.1) is 5.69 Å². The second-order valence-electron chi connectivity index (χ2n) is 6.62. The molecule has 28 heavy (non-hydrogen) atoms. The predicted octanol–water partition coefficient (Wildman–Crippen LogP) is 3.33. The minimum absolute atomic E-state index is 0.000682. The number of rotatable bonds is 3.